The molecule has 6 rings (SSSR count). The van der Waals surface area contributed by atoms with Gasteiger partial charge in [0.25, 0.3) is 17.8 Å². The second-order valence-electron chi connectivity index (χ2n) is 12.5. The molecule has 0 radical (unpaired) electrons. The Labute approximate surface area is 304 Å². The van der Waals surface area contributed by atoms with E-state index in [1.165, 1.54) is 6.20 Å². The maximum atomic E-state index is 14.0. The van der Waals surface area contributed by atoms with Crippen molar-refractivity contribution in [2.24, 2.45) is 0 Å². The van der Waals surface area contributed by atoms with Crippen molar-refractivity contribution >= 4 is 40.5 Å². The largest absolute Gasteiger partial charge is 0.481 e. The van der Waals surface area contributed by atoms with Gasteiger partial charge in [-0.1, -0.05) is 18.2 Å². The van der Waals surface area contributed by atoms with Gasteiger partial charge in [-0.3, -0.25) is 29.0 Å². The molecule has 1 aliphatic rings. The zero-order valence-corrected chi connectivity index (χ0v) is 29.7. The summed E-state index contributed by atoms with van der Waals surface area (Å²) < 4.78 is 5.75. The van der Waals surface area contributed by atoms with Gasteiger partial charge in [0.1, 0.15) is 23.9 Å². The van der Waals surface area contributed by atoms with E-state index in [0.717, 1.165) is 23.4 Å². The fraction of sp³-hybridized carbons (Fsp3) is 0.324. The van der Waals surface area contributed by atoms with Gasteiger partial charge in [0, 0.05) is 61.1 Å². The number of pyridine rings is 1. The van der Waals surface area contributed by atoms with Gasteiger partial charge in [0.15, 0.2) is 11.5 Å². The van der Waals surface area contributed by atoms with E-state index in [1.807, 2.05) is 36.5 Å². The maximum absolute atomic E-state index is 14.0. The Kier molecular flexibility index (Phi) is 12.2. The van der Waals surface area contributed by atoms with E-state index in [2.05, 4.69) is 46.2 Å². The molecule has 0 saturated heterocycles. The number of aromatic amines is 1. The number of rotatable bonds is 5. The second kappa shape index (κ2) is 17.2. The van der Waals surface area contributed by atoms with Gasteiger partial charge in [-0.25, -0.2) is 15.0 Å². The summed E-state index contributed by atoms with van der Waals surface area (Å²) in [6, 6.07) is 8.53. The van der Waals surface area contributed by atoms with Crippen LogP contribution in [0.3, 0.4) is 0 Å². The molecule has 6 N–H and O–H groups in total. The quantitative estimate of drug-likeness (QED) is 0.154. The highest BCUT2D eigenvalue weighted by Crippen LogP contribution is 2.21. The Balaban J connectivity index is 0.00000129. The van der Waals surface area contributed by atoms with Crippen molar-refractivity contribution in [3.8, 4) is 11.4 Å². The number of nitrogens with one attached hydrogen (secondary N) is 5. The molecule has 5 heterocycles. The number of oxazole rings is 1. The number of fused-ring (bicyclic) bond motifs is 3. The van der Waals surface area contributed by atoms with E-state index < -0.39 is 47.7 Å². The van der Waals surface area contributed by atoms with E-state index in [9.17, 15) is 19.2 Å². The third-order valence-corrected chi connectivity index (χ3v) is 8.46. The van der Waals surface area contributed by atoms with Crippen molar-refractivity contribution in [1.29, 1.82) is 0 Å². The number of hydrogen-bond acceptors (Lipinski definition) is 10. The third kappa shape index (κ3) is 9.66. The first-order valence-electron chi connectivity index (χ1n) is 17.1. The zero-order chi connectivity index (χ0) is 38.1. The van der Waals surface area contributed by atoms with Gasteiger partial charge in [0.2, 0.25) is 17.7 Å². The molecule has 0 spiro atoms. The summed E-state index contributed by atoms with van der Waals surface area (Å²) in [6.07, 6.45) is 7.92. The molecule has 16 heteroatoms. The number of amides is 4. The number of nitrogens with zero attached hydrogens (tertiary/aromatic N) is 4. The number of carboxylic acids is 1. The molecule has 0 aliphatic carbocycles. The molecule has 1 aliphatic heterocycles. The molecule has 0 fully saturated rings. The summed E-state index contributed by atoms with van der Waals surface area (Å²) in [7, 11) is 0. The molecule has 53 heavy (non-hydrogen) atoms. The number of aromatic nitrogens is 5. The number of aliphatic carboxylic acids is 1. The van der Waals surface area contributed by atoms with Crippen LogP contribution in [0.15, 0.2) is 65.6 Å². The lowest BCUT2D eigenvalue weighted by Crippen LogP contribution is -2.54. The average molecular weight is 724 g/mol. The summed E-state index contributed by atoms with van der Waals surface area (Å²) in [6.45, 7) is 6.42. The van der Waals surface area contributed by atoms with Crippen LogP contribution in [0.2, 0.25) is 0 Å². The number of hydrogen-bond donors (Lipinski definition) is 6. The van der Waals surface area contributed by atoms with Crippen LogP contribution >= 0.6 is 0 Å². The fourth-order valence-electron chi connectivity index (χ4n) is 5.78. The minimum atomic E-state index is -1.02. The summed E-state index contributed by atoms with van der Waals surface area (Å²) in [5, 5.41) is 19.8. The van der Waals surface area contributed by atoms with Crippen molar-refractivity contribution in [3.05, 3.63) is 95.4 Å². The topological polar surface area (TPSA) is 234 Å². The lowest BCUT2D eigenvalue weighted by Gasteiger charge is -2.24. The number of aryl methyl sites for hydroxylation is 2. The second-order valence-corrected chi connectivity index (χ2v) is 12.5. The molecule has 0 unspecified atom stereocenters. The first-order chi connectivity index (χ1) is 25.4. The number of H-pyrrole nitrogens is 1. The molecule has 4 aromatic heterocycles. The van der Waals surface area contributed by atoms with Crippen LogP contribution < -0.4 is 21.3 Å². The number of carbonyl (C=O) groups is 5. The minimum Gasteiger partial charge on any atom is -0.481 e. The van der Waals surface area contributed by atoms with E-state index in [-0.39, 0.29) is 30.0 Å². The highest BCUT2D eigenvalue weighted by atomic mass is 16.4. The van der Waals surface area contributed by atoms with E-state index >= 15 is 0 Å². The van der Waals surface area contributed by atoms with Crippen LogP contribution in [0.4, 0.5) is 0 Å². The van der Waals surface area contributed by atoms with Gasteiger partial charge in [-0.2, -0.15) is 0 Å². The lowest BCUT2D eigenvalue weighted by atomic mass is 10.0. The monoisotopic (exact) mass is 723 g/mol. The molecule has 2 bridgehead atoms. The van der Waals surface area contributed by atoms with Gasteiger partial charge in [-0.15, -0.1) is 0 Å². The van der Waals surface area contributed by atoms with Crippen LogP contribution in [-0.4, -0.2) is 78.3 Å². The van der Waals surface area contributed by atoms with Crippen LogP contribution in [0.25, 0.3) is 22.3 Å². The number of carboxylic acid groups (broad SMARTS) is 1. The minimum absolute atomic E-state index is 0.143. The third-order valence-electron chi connectivity index (χ3n) is 8.46. The van der Waals surface area contributed by atoms with E-state index in [0.29, 0.717) is 42.2 Å². The van der Waals surface area contributed by atoms with Crippen LogP contribution in [0, 0.1) is 13.8 Å². The Morgan fingerprint density at radius 1 is 1.00 bits per heavy atom. The summed E-state index contributed by atoms with van der Waals surface area (Å²) in [5.74, 6) is -1.86. The number of para-hydroxylation sites is 1. The van der Waals surface area contributed by atoms with Gasteiger partial charge in [-0.05, 0) is 63.8 Å². The predicted molar refractivity (Wildman–Crippen MR) is 192 cm³/mol. The Hall–Kier alpha value is -6.45. The summed E-state index contributed by atoms with van der Waals surface area (Å²) in [4.78, 5) is 83.8. The number of benzene rings is 1. The normalized spacial score (nSPS) is 18.2. The van der Waals surface area contributed by atoms with Gasteiger partial charge >= 0.3 is 0 Å². The predicted octanol–water partition coefficient (Wildman–Crippen LogP) is 3.33. The molecular weight excluding hydrogens is 682 g/mol. The molecule has 1 aromatic carbocycles. The van der Waals surface area contributed by atoms with Crippen LogP contribution in [0.5, 0.6) is 0 Å². The van der Waals surface area contributed by atoms with E-state index in [1.54, 1.807) is 39.2 Å². The molecule has 16 nitrogen and oxygen atoms in total. The maximum Gasteiger partial charge on any atom is 0.300 e. The number of carbonyl (C=O) groups excluding carboxylic acids is 4. The fourth-order valence-corrected chi connectivity index (χ4v) is 5.78. The van der Waals surface area contributed by atoms with Crippen molar-refractivity contribution in [2.45, 2.75) is 71.5 Å². The Morgan fingerprint density at radius 3 is 2.51 bits per heavy atom. The highest BCUT2D eigenvalue weighted by Gasteiger charge is 2.31. The first kappa shape index (κ1) is 37.8. The lowest BCUT2D eigenvalue weighted by molar-refractivity contribution is -0.134. The smallest absolute Gasteiger partial charge is 0.300 e. The van der Waals surface area contributed by atoms with Crippen LogP contribution in [0.1, 0.15) is 82.9 Å². The van der Waals surface area contributed by atoms with Crippen LogP contribution in [-0.2, 0) is 20.8 Å². The van der Waals surface area contributed by atoms with Crippen molar-refractivity contribution < 1.29 is 33.5 Å². The molecule has 3 atom stereocenters. The average Bonchev–Trinajstić information content (AvgIpc) is 3.73. The molecule has 276 valence electrons. The standard InChI is InChI=1S/C35H37N9O5.C2H4O2/c1-19-25(18-39-30(40-19)22-9-8-13-36-16-22)31(45)42-27-12-6-7-14-37-34(48)29-21(3)49-35(44-29)20(2)41-33(47)28(43-32(27)46)15-23-17-38-26-11-5-4-10-24(23)26;1-2(3)4/h4-5,8-11,13,16-18,20,27-28,38H,6-7,12,14-15H2,1-3H3,(H,37,48)(H,41,47)(H,42,45)(H,43,46);1H3,(H,3,4)/t20-,27+,28-;/m1./s1. The molecule has 4 amide bonds. The Bertz CT molecular complexity index is 2110. The summed E-state index contributed by atoms with van der Waals surface area (Å²) >= 11 is 0. The first-order valence-corrected chi connectivity index (χ1v) is 17.1. The molecule has 0 saturated carbocycles. The van der Waals surface area contributed by atoms with Gasteiger partial charge < -0.3 is 35.8 Å². The van der Waals surface area contributed by atoms with Crippen molar-refractivity contribution in [1.82, 2.24) is 46.2 Å². The zero-order valence-electron chi connectivity index (χ0n) is 29.7. The highest BCUT2D eigenvalue weighted by molar-refractivity contribution is 5.99. The van der Waals surface area contributed by atoms with Crippen molar-refractivity contribution in [2.75, 3.05) is 6.54 Å². The van der Waals surface area contributed by atoms with E-state index in [4.69, 9.17) is 14.3 Å². The molecular formula is C37H41N9O7. The van der Waals surface area contributed by atoms with Crippen molar-refractivity contribution in [3.63, 3.8) is 0 Å². The molecule has 5 aromatic rings. The SMILES string of the molecule is CC(=O)O.Cc1nc(-c2cccnc2)ncc1C(=O)N[C@H]1CCCCNC(=O)c2nc(oc2C)[C@@H](C)NC(=O)[C@@H](Cc2c[nH]c3ccccc23)NC1=O. The summed E-state index contributed by atoms with van der Waals surface area (Å²) in [5.41, 5.74) is 3.20. The van der Waals surface area contributed by atoms with Gasteiger partial charge in [0.05, 0.1) is 11.3 Å². The Morgan fingerprint density at radius 2 is 1.77 bits per heavy atom.